The van der Waals surface area contributed by atoms with Gasteiger partial charge >= 0.3 is 0 Å². The van der Waals surface area contributed by atoms with Gasteiger partial charge in [-0.2, -0.15) is 9.65 Å². The smallest absolute Gasteiger partial charge is 0.213 e. The standard InChI is InChI=1S/C15H7ClF2N4/c16-11-2-1-9(3-12(11)17)22-15-8(5-19)6-20-13-7-21-14(18)4-10(13)15/h1-4,6-7H,(H,20,22). The molecule has 1 aromatic carbocycles. The number of fused-ring (bicyclic) bond motifs is 1. The number of hydrogen-bond acceptors (Lipinski definition) is 4. The average molecular weight is 317 g/mol. The maximum absolute atomic E-state index is 13.5. The average Bonchev–Trinajstić information content (AvgIpc) is 2.51. The van der Waals surface area contributed by atoms with Crippen molar-refractivity contribution in [1.29, 1.82) is 5.26 Å². The summed E-state index contributed by atoms with van der Waals surface area (Å²) in [5.74, 6) is -1.30. The zero-order valence-electron chi connectivity index (χ0n) is 10.9. The summed E-state index contributed by atoms with van der Waals surface area (Å²) >= 11 is 5.64. The van der Waals surface area contributed by atoms with Crippen LogP contribution in [0.2, 0.25) is 5.02 Å². The van der Waals surface area contributed by atoms with E-state index < -0.39 is 11.8 Å². The number of nitrogens with one attached hydrogen (secondary N) is 1. The fourth-order valence-electron chi connectivity index (χ4n) is 2.01. The normalized spacial score (nSPS) is 10.5. The van der Waals surface area contributed by atoms with Gasteiger partial charge in [0.1, 0.15) is 11.9 Å². The molecule has 22 heavy (non-hydrogen) atoms. The first-order chi connectivity index (χ1) is 10.6. The van der Waals surface area contributed by atoms with Crippen LogP contribution in [0.25, 0.3) is 10.9 Å². The fraction of sp³-hybridized carbons (Fsp3) is 0. The molecule has 3 rings (SSSR count). The minimum atomic E-state index is -0.699. The lowest BCUT2D eigenvalue weighted by Crippen LogP contribution is -1.98. The topological polar surface area (TPSA) is 61.6 Å². The minimum absolute atomic E-state index is 0.0131. The molecule has 0 aliphatic heterocycles. The van der Waals surface area contributed by atoms with Crippen molar-refractivity contribution in [3.8, 4) is 6.07 Å². The third-order valence-electron chi connectivity index (χ3n) is 3.03. The summed E-state index contributed by atoms with van der Waals surface area (Å²) in [5, 5.41) is 12.5. The number of hydrogen-bond donors (Lipinski definition) is 1. The van der Waals surface area contributed by atoms with Gasteiger partial charge in [0, 0.05) is 23.3 Å². The van der Waals surface area contributed by atoms with Crippen molar-refractivity contribution in [2.45, 2.75) is 0 Å². The molecule has 0 radical (unpaired) electrons. The van der Waals surface area contributed by atoms with Gasteiger partial charge in [-0.15, -0.1) is 0 Å². The zero-order valence-corrected chi connectivity index (χ0v) is 11.7. The maximum Gasteiger partial charge on any atom is 0.213 e. The van der Waals surface area contributed by atoms with Crippen LogP contribution in [0.5, 0.6) is 0 Å². The molecule has 2 heterocycles. The van der Waals surface area contributed by atoms with Crippen LogP contribution < -0.4 is 5.32 Å². The summed E-state index contributed by atoms with van der Waals surface area (Å²) in [6, 6.07) is 7.26. The van der Waals surface area contributed by atoms with E-state index in [0.717, 1.165) is 6.07 Å². The van der Waals surface area contributed by atoms with Crippen molar-refractivity contribution in [3.63, 3.8) is 0 Å². The number of halogens is 3. The van der Waals surface area contributed by atoms with Gasteiger partial charge in [0.05, 0.1) is 28.0 Å². The maximum atomic E-state index is 13.5. The van der Waals surface area contributed by atoms with Crippen LogP contribution in [-0.2, 0) is 0 Å². The molecular weight excluding hydrogens is 310 g/mol. The highest BCUT2D eigenvalue weighted by Crippen LogP contribution is 2.29. The second-order valence-electron chi connectivity index (χ2n) is 4.44. The van der Waals surface area contributed by atoms with Crippen LogP contribution in [0, 0.1) is 23.1 Å². The Kier molecular flexibility index (Phi) is 3.57. The van der Waals surface area contributed by atoms with Gasteiger partial charge in [0.25, 0.3) is 0 Å². The van der Waals surface area contributed by atoms with Crippen LogP contribution in [0.3, 0.4) is 0 Å². The molecule has 0 saturated carbocycles. The van der Waals surface area contributed by atoms with Crippen molar-refractivity contribution >= 4 is 33.9 Å². The predicted octanol–water partition coefficient (Wildman–Crippen LogP) is 4.18. The molecule has 3 aromatic rings. The highest BCUT2D eigenvalue weighted by atomic mass is 35.5. The van der Waals surface area contributed by atoms with E-state index in [9.17, 15) is 14.0 Å². The van der Waals surface area contributed by atoms with E-state index in [4.69, 9.17) is 11.6 Å². The van der Waals surface area contributed by atoms with Gasteiger partial charge < -0.3 is 5.32 Å². The highest BCUT2D eigenvalue weighted by Gasteiger charge is 2.11. The summed E-state index contributed by atoms with van der Waals surface area (Å²) < 4.78 is 26.9. The summed E-state index contributed by atoms with van der Waals surface area (Å²) in [4.78, 5) is 7.56. The zero-order chi connectivity index (χ0) is 15.7. The number of nitriles is 1. The van der Waals surface area contributed by atoms with Gasteiger partial charge in [-0.3, -0.25) is 4.98 Å². The highest BCUT2D eigenvalue weighted by molar-refractivity contribution is 6.30. The second kappa shape index (κ2) is 5.54. The molecule has 0 fully saturated rings. The number of nitrogens with zero attached hydrogens (tertiary/aromatic N) is 3. The van der Waals surface area contributed by atoms with Crippen LogP contribution in [-0.4, -0.2) is 9.97 Å². The van der Waals surface area contributed by atoms with Crippen molar-refractivity contribution in [2.24, 2.45) is 0 Å². The van der Waals surface area contributed by atoms with Crippen molar-refractivity contribution in [2.75, 3.05) is 5.32 Å². The summed E-state index contributed by atoms with van der Waals surface area (Å²) in [6.45, 7) is 0. The molecule has 0 amide bonds. The van der Waals surface area contributed by atoms with Gasteiger partial charge in [-0.1, -0.05) is 11.6 Å². The lowest BCUT2D eigenvalue weighted by molar-refractivity contribution is 0.586. The van der Waals surface area contributed by atoms with E-state index in [1.807, 2.05) is 6.07 Å². The second-order valence-corrected chi connectivity index (χ2v) is 4.84. The lowest BCUT2D eigenvalue weighted by atomic mass is 10.1. The van der Waals surface area contributed by atoms with E-state index in [1.165, 1.54) is 24.5 Å². The number of pyridine rings is 2. The van der Waals surface area contributed by atoms with Crippen molar-refractivity contribution in [3.05, 3.63) is 59.0 Å². The van der Waals surface area contributed by atoms with Crippen LogP contribution in [0.1, 0.15) is 5.56 Å². The molecule has 0 aliphatic carbocycles. The molecule has 0 aliphatic rings. The Hall–Kier alpha value is -2.78. The molecule has 2 aromatic heterocycles. The van der Waals surface area contributed by atoms with E-state index in [2.05, 4.69) is 15.3 Å². The van der Waals surface area contributed by atoms with Crippen molar-refractivity contribution in [1.82, 2.24) is 9.97 Å². The fourth-order valence-corrected chi connectivity index (χ4v) is 2.12. The summed E-state index contributed by atoms with van der Waals surface area (Å²) in [5.41, 5.74) is 1.32. The van der Waals surface area contributed by atoms with Crippen LogP contribution in [0.15, 0.2) is 36.7 Å². The molecule has 7 heteroatoms. The van der Waals surface area contributed by atoms with Crippen LogP contribution >= 0.6 is 11.6 Å². The Morgan fingerprint density at radius 2 is 1.95 bits per heavy atom. The van der Waals surface area contributed by atoms with Gasteiger partial charge in [0.15, 0.2) is 0 Å². The molecule has 1 N–H and O–H groups in total. The van der Waals surface area contributed by atoms with E-state index in [-0.39, 0.29) is 10.6 Å². The molecule has 0 spiro atoms. The first kappa shape index (κ1) is 14.2. The summed E-state index contributed by atoms with van der Waals surface area (Å²) in [7, 11) is 0. The molecule has 0 unspecified atom stereocenters. The largest absolute Gasteiger partial charge is 0.354 e. The van der Waals surface area contributed by atoms with Gasteiger partial charge in [0.2, 0.25) is 5.95 Å². The first-order valence-electron chi connectivity index (χ1n) is 6.15. The Morgan fingerprint density at radius 3 is 2.68 bits per heavy atom. The third-order valence-corrected chi connectivity index (χ3v) is 3.34. The molecular formula is C15H7ClF2N4. The SMILES string of the molecule is N#Cc1cnc2cnc(F)cc2c1Nc1ccc(Cl)c(F)c1. The number of aromatic nitrogens is 2. The predicted molar refractivity (Wildman–Crippen MR) is 78.9 cm³/mol. The minimum Gasteiger partial charge on any atom is -0.354 e. The summed E-state index contributed by atoms with van der Waals surface area (Å²) in [6.07, 6.45) is 2.61. The quantitative estimate of drug-likeness (QED) is 0.721. The van der Waals surface area contributed by atoms with Crippen molar-refractivity contribution < 1.29 is 8.78 Å². The number of rotatable bonds is 2. The van der Waals surface area contributed by atoms with E-state index in [1.54, 1.807) is 6.07 Å². The Labute approximate surface area is 129 Å². The first-order valence-corrected chi connectivity index (χ1v) is 6.52. The number of anilines is 2. The lowest BCUT2D eigenvalue weighted by Gasteiger charge is -2.11. The van der Waals surface area contributed by atoms with E-state index >= 15 is 0 Å². The van der Waals surface area contributed by atoms with E-state index in [0.29, 0.717) is 22.3 Å². The molecule has 108 valence electrons. The molecule has 4 nitrogen and oxygen atoms in total. The molecule has 0 saturated heterocycles. The van der Waals surface area contributed by atoms with Crippen LogP contribution in [0.4, 0.5) is 20.2 Å². The Balaban J connectivity index is 2.17. The molecule has 0 atom stereocenters. The monoisotopic (exact) mass is 316 g/mol. The van der Waals surface area contributed by atoms with Gasteiger partial charge in [-0.25, -0.2) is 9.37 Å². The third kappa shape index (κ3) is 2.54. The Morgan fingerprint density at radius 1 is 1.14 bits per heavy atom. The van der Waals surface area contributed by atoms with Gasteiger partial charge in [-0.05, 0) is 18.2 Å². The Bertz CT molecular complexity index is 921. The number of benzene rings is 1. The molecule has 0 bridgehead atoms.